The van der Waals surface area contributed by atoms with Gasteiger partial charge in [0.15, 0.2) is 11.5 Å². The molecule has 6 nitrogen and oxygen atoms in total. The minimum Gasteiger partial charge on any atom is -0.383 e. The summed E-state index contributed by atoms with van der Waals surface area (Å²) in [5, 5.41) is 17.7. The normalized spacial score (nSPS) is 19.0. The lowest BCUT2D eigenvalue weighted by molar-refractivity contribution is 0.0188. The zero-order valence-electron chi connectivity index (χ0n) is 14.2. The van der Waals surface area contributed by atoms with Crippen molar-refractivity contribution in [3.05, 3.63) is 71.7 Å². The summed E-state index contributed by atoms with van der Waals surface area (Å²) in [5.41, 5.74) is 1.96. The average molecular weight is 349 g/mol. The number of rotatable bonds is 4. The van der Waals surface area contributed by atoms with E-state index < -0.39 is 5.60 Å². The van der Waals surface area contributed by atoms with Crippen molar-refractivity contribution in [2.24, 2.45) is 0 Å². The first-order chi connectivity index (χ1) is 12.7. The molecule has 6 heteroatoms. The molecule has 4 rings (SSSR count). The molecule has 2 heterocycles. The van der Waals surface area contributed by atoms with Crippen LogP contribution in [0.25, 0.3) is 11.3 Å². The van der Waals surface area contributed by atoms with Crippen molar-refractivity contribution >= 4 is 5.91 Å². The molecule has 132 valence electrons. The minimum atomic E-state index is -1.05. The highest BCUT2D eigenvalue weighted by atomic mass is 16.5. The largest absolute Gasteiger partial charge is 0.383 e. The van der Waals surface area contributed by atoms with Crippen LogP contribution in [-0.4, -0.2) is 27.7 Å². The van der Waals surface area contributed by atoms with Gasteiger partial charge in [0, 0.05) is 24.0 Å². The van der Waals surface area contributed by atoms with Crippen molar-refractivity contribution in [3.63, 3.8) is 0 Å². The zero-order chi connectivity index (χ0) is 18.0. The quantitative estimate of drug-likeness (QED) is 0.756. The van der Waals surface area contributed by atoms with Gasteiger partial charge in [-0.1, -0.05) is 29.4 Å². The maximum absolute atomic E-state index is 12.4. The molecule has 0 spiro atoms. The third-order valence-electron chi connectivity index (χ3n) is 4.80. The van der Waals surface area contributed by atoms with E-state index >= 15 is 0 Å². The summed E-state index contributed by atoms with van der Waals surface area (Å²) >= 11 is 0. The molecule has 3 aromatic rings. The second-order valence-electron chi connectivity index (χ2n) is 6.54. The first-order valence-corrected chi connectivity index (χ1v) is 8.62. The summed E-state index contributed by atoms with van der Waals surface area (Å²) in [5.74, 6) is 0.129. The molecule has 1 aliphatic carbocycles. The third kappa shape index (κ3) is 3.11. The van der Waals surface area contributed by atoms with Gasteiger partial charge >= 0.3 is 0 Å². The molecule has 0 radical (unpaired) electrons. The van der Waals surface area contributed by atoms with Gasteiger partial charge in [-0.3, -0.25) is 9.78 Å². The van der Waals surface area contributed by atoms with Gasteiger partial charge in [-0.15, -0.1) is 0 Å². The van der Waals surface area contributed by atoms with Crippen molar-refractivity contribution in [3.8, 4) is 11.3 Å². The molecule has 2 N–H and O–H groups in total. The highest BCUT2D eigenvalue weighted by molar-refractivity contribution is 5.93. The number of amides is 1. The predicted octanol–water partition coefficient (Wildman–Crippen LogP) is 2.69. The molecule has 0 saturated heterocycles. The van der Waals surface area contributed by atoms with Gasteiger partial charge in [0.05, 0.1) is 6.54 Å². The van der Waals surface area contributed by atoms with Crippen LogP contribution in [0.2, 0.25) is 0 Å². The smallest absolute Gasteiger partial charge is 0.273 e. The van der Waals surface area contributed by atoms with Gasteiger partial charge in [-0.2, -0.15) is 0 Å². The maximum atomic E-state index is 12.4. The van der Waals surface area contributed by atoms with E-state index in [2.05, 4.69) is 15.5 Å². The lowest BCUT2D eigenvalue weighted by Crippen LogP contribution is -2.43. The van der Waals surface area contributed by atoms with Crippen molar-refractivity contribution in [1.29, 1.82) is 0 Å². The number of pyridine rings is 1. The van der Waals surface area contributed by atoms with Crippen LogP contribution in [0.15, 0.2) is 59.4 Å². The Hall–Kier alpha value is -2.99. The Bertz CT molecular complexity index is 923. The van der Waals surface area contributed by atoms with Gasteiger partial charge in [-0.25, -0.2) is 0 Å². The number of nitrogens with zero attached hydrogens (tertiary/aromatic N) is 2. The Morgan fingerprint density at radius 2 is 2.04 bits per heavy atom. The summed E-state index contributed by atoms with van der Waals surface area (Å²) < 4.78 is 5.24. The number of fused-ring (bicyclic) bond motifs is 1. The molecule has 0 aliphatic heterocycles. The summed E-state index contributed by atoms with van der Waals surface area (Å²) in [7, 11) is 0. The number of hydrogen-bond acceptors (Lipinski definition) is 5. The molecule has 1 aliphatic rings. The SMILES string of the molecule is O=C(NCC1(O)CCCc2ccccc21)c1cc(-c2ccncc2)on1. The van der Waals surface area contributed by atoms with Crippen LogP contribution in [0.5, 0.6) is 0 Å². The topological polar surface area (TPSA) is 88.2 Å². The van der Waals surface area contributed by atoms with E-state index in [4.69, 9.17) is 4.52 Å². The lowest BCUT2D eigenvalue weighted by Gasteiger charge is -2.34. The first kappa shape index (κ1) is 16.5. The monoisotopic (exact) mass is 349 g/mol. The number of benzene rings is 1. The number of aromatic nitrogens is 2. The van der Waals surface area contributed by atoms with Crippen LogP contribution in [0, 0.1) is 0 Å². The van der Waals surface area contributed by atoms with Gasteiger partial charge < -0.3 is 14.9 Å². The molecule has 1 aromatic carbocycles. The van der Waals surface area contributed by atoms with Gasteiger partial charge in [0.2, 0.25) is 0 Å². The van der Waals surface area contributed by atoms with Gasteiger partial charge in [0.25, 0.3) is 5.91 Å². The Morgan fingerprint density at radius 1 is 1.23 bits per heavy atom. The van der Waals surface area contributed by atoms with Gasteiger partial charge in [0.1, 0.15) is 5.60 Å². The number of carbonyl (C=O) groups is 1. The Labute approximate surface area is 150 Å². The average Bonchev–Trinajstić information content (AvgIpc) is 3.18. The molecule has 1 amide bonds. The van der Waals surface area contributed by atoms with E-state index in [-0.39, 0.29) is 18.1 Å². The van der Waals surface area contributed by atoms with Crippen LogP contribution in [0.1, 0.15) is 34.5 Å². The standard InChI is InChI=1S/C20H19N3O3/c24-19(17-12-18(26-23-17)15-7-10-21-11-8-15)22-13-20(25)9-3-5-14-4-1-2-6-16(14)20/h1-2,4,6-8,10-12,25H,3,5,9,13H2,(H,22,24). The second-order valence-corrected chi connectivity index (χ2v) is 6.54. The lowest BCUT2D eigenvalue weighted by atomic mass is 9.79. The highest BCUT2D eigenvalue weighted by Gasteiger charge is 2.34. The number of nitrogens with one attached hydrogen (secondary N) is 1. The van der Waals surface area contributed by atoms with E-state index in [9.17, 15) is 9.90 Å². The Kier molecular flexibility index (Phi) is 4.26. The maximum Gasteiger partial charge on any atom is 0.273 e. The molecular formula is C20H19N3O3. The van der Waals surface area contributed by atoms with Crippen LogP contribution in [0.3, 0.4) is 0 Å². The van der Waals surface area contributed by atoms with E-state index in [1.54, 1.807) is 30.6 Å². The first-order valence-electron chi connectivity index (χ1n) is 8.62. The number of hydrogen-bond donors (Lipinski definition) is 2. The Morgan fingerprint density at radius 3 is 2.88 bits per heavy atom. The summed E-state index contributed by atoms with van der Waals surface area (Å²) in [4.78, 5) is 16.4. The van der Waals surface area contributed by atoms with Crippen molar-refractivity contribution in [2.45, 2.75) is 24.9 Å². The molecule has 1 unspecified atom stereocenters. The third-order valence-corrected chi connectivity index (χ3v) is 4.80. The fourth-order valence-corrected chi connectivity index (χ4v) is 3.43. The van der Waals surface area contributed by atoms with E-state index in [1.807, 2.05) is 24.3 Å². The molecule has 0 saturated carbocycles. The number of aliphatic hydroxyl groups is 1. The van der Waals surface area contributed by atoms with Crippen LogP contribution >= 0.6 is 0 Å². The van der Waals surface area contributed by atoms with Crippen molar-refractivity contribution in [1.82, 2.24) is 15.5 Å². The minimum absolute atomic E-state index is 0.139. The highest BCUT2D eigenvalue weighted by Crippen LogP contribution is 2.34. The summed E-state index contributed by atoms with van der Waals surface area (Å²) in [6.45, 7) is 0.139. The van der Waals surface area contributed by atoms with Crippen molar-refractivity contribution in [2.75, 3.05) is 6.54 Å². The molecule has 26 heavy (non-hydrogen) atoms. The van der Waals surface area contributed by atoms with Crippen LogP contribution in [0.4, 0.5) is 0 Å². The van der Waals surface area contributed by atoms with E-state index in [0.717, 1.165) is 29.5 Å². The molecular weight excluding hydrogens is 330 g/mol. The molecule has 0 bridgehead atoms. The Balaban J connectivity index is 1.47. The van der Waals surface area contributed by atoms with Crippen LogP contribution < -0.4 is 5.32 Å². The fraction of sp³-hybridized carbons (Fsp3) is 0.250. The molecule has 0 fully saturated rings. The van der Waals surface area contributed by atoms with E-state index in [1.165, 1.54) is 0 Å². The summed E-state index contributed by atoms with van der Waals surface area (Å²) in [6, 6.07) is 13.0. The van der Waals surface area contributed by atoms with Crippen molar-refractivity contribution < 1.29 is 14.4 Å². The van der Waals surface area contributed by atoms with E-state index in [0.29, 0.717) is 12.2 Å². The van der Waals surface area contributed by atoms with Gasteiger partial charge in [-0.05, 0) is 42.5 Å². The molecule has 1 atom stereocenters. The second kappa shape index (κ2) is 6.72. The zero-order valence-corrected chi connectivity index (χ0v) is 14.2. The number of aryl methyl sites for hydroxylation is 1. The molecule has 2 aromatic heterocycles. The number of carbonyl (C=O) groups excluding carboxylic acids is 1. The fourth-order valence-electron chi connectivity index (χ4n) is 3.43. The van der Waals surface area contributed by atoms with Crippen LogP contribution in [-0.2, 0) is 12.0 Å². The summed E-state index contributed by atoms with van der Waals surface area (Å²) in [6.07, 6.45) is 5.75. The predicted molar refractivity (Wildman–Crippen MR) is 95.3 cm³/mol.